The summed E-state index contributed by atoms with van der Waals surface area (Å²) in [5, 5.41) is 2.55. The van der Waals surface area contributed by atoms with E-state index in [1.165, 1.54) is 6.42 Å². The monoisotopic (exact) mass is 323 g/mol. The highest BCUT2D eigenvalue weighted by molar-refractivity contribution is 5.99. The third kappa shape index (κ3) is 9.16. The average Bonchev–Trinajstić information content (AvgIpc) is 2.90. The van der Waals surface area contributed by atoms with E-state index in [2.05, 4.69) is 24.4 Å². The minimum atomic E-state index is -0.573. The number of unbranched alkanes of at least 4 members (excludes halogenated alkanes) is 5. The van der Waals surface area contributed by atoms with Gasteiger partial charge in [0.25, 0.3) is 0 Å². The van der Waals surface area contributed by atoms with Crippen LogP contribution in [0.3, 0.4) is 0 Å². The van der Waals surface area contributed by atoms with Crippen LogP contribution in [-0.4, -0.2) is 30.3 Å². The lowest BCUT2D eigenvalue weighted by atomic mass is 10.1. The number of amides is 1. The van der Waals surface area contributed by atoms with Crippen molar-refractivity contribution in [1.82, 2.24) is 5.32 Å². The van der Waals surface area contributed by atoms with Crippen molar-refractivity contribution in [1.29, 1.82) is 0 Å². The molecular weight excluding hydrogens is 294 g/mol. The summed E-state index contributed by atoms with van der Waals surface area (Å²) in [5.74, 6) is -0.838. The van der Waals surface area contributed by atoms with Gasteiger partial charge in [-0.15, -0.1) is 0 Å². The van der Waals surface area contributed by atoms with E-state index in [4.69, 9.17) is 4.74 Å². The lowest BCUT2D eigenvalue weighted by Gasteiger charge is -2.08. The van der Waals surface area contributed by atoms with Crippen molar-refractivity contribution >= 4 is 17.7 Å². The molecule has 0 bridgehead atoms. The second kappa shape index (κ2) is 11.9. The highest BCUT2D eigenvalue weighted by Crippen LogP contribution is 2.09. The number of rotatable bonds is 12. The van der Waals surface area contributed by atoms with Gasteiger partial charge in [0, 0.05) is 12.8 Å². The molecule has 5 nitrogen and oxygen atoms in total. The fraction of sp³-hybridized carbons (Fsp3) is 0.722. The Bertz CT molecular complexity index is 417. The van der Waals surface area contributed by atoms with Crippen molar-refractivity contribution in [2.24, 2.45) is 0 Å². The Morgan fingerprint density at radius 3 is 2.61 bits per heavy atom. The molecule has 5 heteroatoms. The molecule has 1 rings (SSSR count). The molecule has 0 radical (unpaired) electrons. The van der Waals surface area contributed by atoms with Crippen molar-refractivity contribution in [2.45, 2.75) is 77.2 Å². The first kappa shape index (κ1) is 19.4. The summed E-state index contributed by atoms with van der Waals surface area (Å²) in [5.41, 5.74) is 0. The fourth-order valence-corrected chi connectivity index (χ4v) is 2.48. The van der Waals surface area contributed by atoms with Crippen molar-refractivity contribution in [2.75, 3.05) is 6.61 Å². The van der Waals surface area contributed by atoms with E-state index in [1.807, 2.05) is 0 Å². The fourth-order valence-electron chi connectivity index (χ4n) is 2.48. The maximum absolute atomic E-state index is 11.7. The lowest BCUT2D eigenvalue weighted by molar-refractivity contribution is -0.142. The quantitative estimate of drug-likeness (QED) is 0.259. The van der Waals surface area contributed by atoms with Crippen LogP contribution < -0.4 is 5.32 Å². The van der Waals surface area contributed by atoms with Crippen LogP contribution in [-0.2, 0) is 19.1 Å². The van der Waals surface area contributed by atoms with E-state index in [0.717, 1.165) is 38.5 Å². The van der Waals surface area contributed by atoms with Crippen LogP contribution in [0.25, 0.3) is 0 Å². The molecule has 1 atom stereocenters. The molecule has 0 unspecified atom stereocenters. The highest BCUT2D eigenvalue weighted by Gasteiger charge is 2.28. The van der Waals surface area contributed by atoms with E-state index in [0.29, 0.717) is 19.4 Å². The number of hydrogen-bond acceptors (Lipinski definition) is 4. The molecule has 0 aromatic carbocycles. The summed E-state index contributed by atoms with van der Waals surface area (Å²) >= 11 is 0. The summed E-state index contributed by atoms with van der Waals surface area (Å²) in [6, 6.07) is -0.573. The van der Waals surface area contributed by atoms with Gasteiger partial charge in [0.05, 0.1) is 13.0 Å². The van der Waals surface area contributed by atoms with Crippen LogP contribution in [0.4, 0.5) is 0 Å². The Kier molecular flexibility index (Phi) is 10.00. The Balaban J connectivity index is 1.99. The zero-order valence-corrected chi connectivity index (χ0v) is 14.1. The zero-order chi connectivity index (χ0) is 16.9. The minimum absolute atomic E-state index is 0.0586. The molecule has 0 aromatic rings. The van der Waals surface area contributed by atoms with E-state index >= 15 is 0 Å². The number of cyclic esters (lactones) is 1. The predicted molar refractivity (Wildman–Crippen MR) is 88.9 cm³/mol. The summed E-state index contributed by atoms with van der Waals surface area (Å²) in [6.07, 6.45) is 12.8. The number of ether oxygens (including phenoxy) is 1. The van der Waals surface area contributed by atoms with Crippen LogP contribution in [0.15, 0.2) is 12.2 Å². The molecule has 23 heavy (non-hydrogen) atoms. The molecule has 0 aromatic heterocycles. The van der Waals surface area contributed by atoms with Crippen molar-refractivity contribution in [3.63, 3.8) is 0 Å². The van der Waals surface area contributed by atoms with Gasteiger partial charge < -0.3 is 10.1 Å². The summed E-state index contributed by atoms with van der Waals surface area (Å²) in [6.45, 7) is 2.51. The Morgan fingerprint density at radius 2 is 1.91 bits per heavy atom. The second-order valence-electron chi connectivity index (χ2n) is 6.00. The molecule has 0 saturated carbocycles. The van der Waals surface area contributed by atoms with Gasteiger partial charge in [0.15, 0.2) is 0 Å². The summed E-state index contributed by atoms with van der Waals surface area (Å²) < 4.78 is 4.76. The average molecular weight is 323 g/mol. The SMILES string of the molecule is CCC/C=C\CCCCCCC(=O)CC(=O)N[C@H]1CCOC1=O. The molecule has 130 valence electrons. The smallest absolute Gasteiger partial charge is 0.328 e. The molecule has 1 N–H and O–H groups in total. The van der Waals surface area contributed by atoms with Gasteiger partial charge in [-0.2, -0.15) is 0 Å². The number of carbonyl (C=O) groups excluding carboxylic acids is 3. The maximum Gasteiger partial charge on any atom is 0.328 e. The predicted octanol–water partition coefficient (Wildman–Crippen LogP) is 3.07. The first-order chi connectivity index (χ1) is 11.1. The number of hydrogen-bond donors (Lipinski definition) is 1. The first-order valence-corrected chi connectivity index (χ1v) is 8.76. The van der Waals surface area contributed by atoms with E-state index in [1.54, 1.807) is 0 Å². The maximum atomic E-state index is 11.7. The van der Waals surface area contributed by atoms with E-state index in [9.17, 15) is 14.4 Å². The summed E-state index contributed by atoms with van der Waals surface area (Å²) in [7, 11) is 0. The number of ketones is 1. The number of carbonyl (C=O) groups is 3. The Morgan fingerprint density at radius 1 is 1.17 bits per heavy atom. The van der Waals surface area contributed by atoms with Gasteiger partial charge in [-0.1, -0.05) is 38.3 Å². The molecule has 1 saturated heterocycles. The number of allylic oxidation sites excluding steroid dienone is 2. The zero-order valence-electron chi connectivity index (χ0n) is 14.1. The highest BCUT2D eigenvalue weighted by atomic mass is 16.5. The minimum Gasteiger partial charge on any atom is -0.464 e. The third-order valence-corrected chi connectivity index (χ3v) is 3.83. The third-order valence-electron chi connectivity index (χ3n) is 3.83. The number of esters is 1. The van der Waals surface area contributed by atoms with Crippen LogP contribution in [0.5, 0.6) is 0 Å². The Labute approximate surface area is 138 Å². The molecule has 1 heterocycles. The van der Waals surface area contributed by atoms with Gasteiger partial charge in [0.2, 0.25) is 5.91 Å². The first-order valence-electron chi connectivity index (χ1n) is 8.76. The number of Topliss-reactive ketones (excluding diaryl/α,β-unsaturated/α-hetero) is 1. The molecular formula is C18H29NO4. The number of nitrogens with one attached hydrogen (secondary N) is 1. The normalized spacial score (nSPS) is 17.4. The van der Waals surface area contributed by atoms with E-state index < -0.39 is 12.0 Å². The van der Waals surface area contributed by atoms with Gasteiger partial charge >= 0.3 is 5.97 Å². The van der Waals surface area contributed by atoms with Crippen molar-refractivity contribution < 1.29 is 19.1 Å². The van der Waals surface area contributed by atoms with Gasteiger partial charge in [-0.05, 0) is 25.7 Å². The molecule has 1 aliphatic rings. The summed E-state index contributed by atoms with van der Waals surface area (Å²) in [4.78, 5) is 34.6. The van der Waals surface area contributed by atoms with Crippen molar-refractivity contribution in [3.8, 4) is 0 Å². The van der Waals surface area contributed by atoms with E-state index in [-0.39, 0.29) is 18.1 Å². The largest absolute Gasteiger partial charge is 0.464 e. The topological polar surface area (TPSA) is 72.5 Å². The van der Waals surface area contributed by atoms with Crippen LogP contribution >= 0.6 is 0 Å². The lowest BCUT2D eigenvalue weighted by Crippen LogP contribution is -2.38. The van der Waals surface area contributed by atoms with Gasteiger partial charge in [-0.3, -0.25) is 9.59 Å². The van der Waals surface area contributed by atoms with Crippen LogP contribution in [0, 0.1) is 0 Å². The van der Waals surface area contributed by atoms with Crippen LogP contribution in [0.2, 0.25) is 0 Å². The molecule has 1 fully saturated rings. The van der Waals surface area contributed by atoms with Gasteiger partial charge in [-0.25, -0.2) is 4.79 Å². The second-order valence-corrected chi connectivity index (χ2v) is 6.00. The van der Waals surface area contributed by atoms with Gasteiger partial charge in [0.1, 0.15) is 11.8 Å². The van der Waals surface area contributed by atoms with Crippen molar-refractivity contribution in [3.05, 3.63) is 12.2 Å². The molecule has 1 aliphatic heterocycles. The molecule has 0 spiro atoms. The molecule has 0 aliphatic carbocycles. The van der Waals surface area contributed by atoms with Crippen LogP contribution in [0.1, 0.15) is 71.1 Å². The Hall–Kier alpha value is -1.65. The standard InChI is InChI=1S/C18H29NO4/c1-2-3-4-5-6-7-8-9-10-11-15(20)14-17(21)19-16-12-13-23-18(16)22/h4-5,16H,2-3,6-14H2,1H3,(H,19,21)/b5-4-/t16-/m0/s1. The molecule has 1 amide bonds.